The summed E-state index contributed by atoms with van der Waals surface area (Å²) in [4.78, 5) is 15.2. The standard InChI is InChI=1S/C17H23ClN4OS2/c1-19-17(24)21-20-15(23)14-12-6-8-22(9-7-12)16(14)25-10-11-2-4-13(18)5-3-11/h2-5,12,14,16H,6-10H2,1H3,(H,20,23)(H2,19,21,24)/t14-,16-/m0/s1. The fourth-order valence-corrected chi connectivity index (χ4v) is 5.28. The molecule has 3 aliphatic heterocycles. The number of amides is 1. The van der Waals surface area contributed by atoms with Crippen molar-refractivity contribution in [3.05, 3.63) is 34.9 Å². The van der Waals surface area contributed by atoms with Gasteiger partial charge in [-0.15, -0.1) is 11.8 Å². The second-order valence-corrected chi connectivity index (χ2v) is 8.37. The number of halogens is 1. The van der Waals surface area contributed by atoms with E-state index in [4.69, 9.17) is 23.8 Å². The molecule has 0 aliphatic carbocycles. The van der Waals surface area contributed by atoms with E-state index in [2.05, 4.69) is 21.1 Å². The lowest BCUT2D eigenvalue weighted by Crippen LogP contribution is -2.60. The highest BCUT2D eigenvalue weighted by Gasteiger charge is 2.46. The fourth-order valence-electron chi connectivity index (χ4n) is 3.57. The predicted molar refractivity (Wildman–Crippen MR) is 107 cm³/mol. The van der Waals surface area contributed by atoms with Gasteiger partial charge in [-0.25, -0.2) is 0 Å². The molecule has 25 heavy (non-hydrogen) atoms. The molecule has 3 fully saturated rings. The van der Waals surface area contributed by atoms with Crippen LogP contribution in [0, 0.1) is 11.8 Å². The molecule has 0 aromatic heterocycles. The second kappa shape index (κ2) is 8.58. The lowest BCUT2D eigenvalue weighted by molar-refractivity contribution is -0.132. The van der Waals surface area contributed by atoms with Crippen LogP contribution in [0.15, 0.2) is 24.3 Å². The minimum absolute atomic E-state index is 0.0213. The molecule has 2 bridgehead atoms. The Balaban J connectivity index is 1.65. The number of fused-ring (bicyclic) bond motifs is 3. The number of carbonyl (C=O) groups is 1. The van der Waals surface area contributed by atoms with Gasteiger partial charge in [-0.1, -0.05) is 23.7 Å². The zero-order chi connectivity index (χ0) is 17.8. The van der Waals surface area contributed by atoms with Crippen molar-refractivity contribution in [2.24, 2.45) is 11.8 Å². The third-order valence-corrected chi connectivity index (χ3v) is 6.90. The Labute approximate surface area is 163 Å². The maximum Gasteiger partial charge on any atom is 0.244 e. The largest absolute Gasteiger partial charge is 0.364 e. The first-order chi connectivity index (χ1) is 12.1. The van der Waals surface area contributed by atoms with Crippen LogP contribution in [-0.2, 0) is 10.5 Å². The monoisotopic (exact) mass is 398 g/mol. The van der Waals surface area contributed by atoms with Gasteiger partial charge in [0.1, 0.15) is 0 Å². The van der Waals surface area contributed by atoms with Crippen molar-refractivity contribution in [1.29, 1.82) is 0 Å². The first-order valence-electron chi connectivity index (χ1n) is 8.46. The molecular formula is C17H23ClN4OS2. The van der Waals surface area contributed by atoms with E-state index in [0.717, 1.165) is 36.7 Å². The normalized spacial score (nSPS) is 27.6. The number of benzene rings is 1. The van der Waals surface area contributed by atoms with Crippen LogP contribution in [0.4, 0.5) is 0 Å². The van der Waals surface area contributed by atoms with Crippen molar-refractivity contribution in [3.63, 3.8) is 0 Å². The summed E-state index contributed by atoms with van der Waals surface area (Å²) in [5, 5.41) is 4.17. The minimum atomic E-state index is -0.0213. The molecule has 1 amide bonds. The topological polar surface area (TPSA) is 56.4 Å². The van der Waals surface area contributed by atoms with Crippen molar-refractivity contribution in [3.8, 4) is 0 Å². The van der Waals surface area contributed by atoms with Crippen LogP contribution in [0.2, 0.25) is 5.02 Å². The van der Waals surface area contributed by atoms with E-state index in [0.29, 0.717) is 11.0 Å². The van der Waals surface area contributed by atoms with E-state index in [-0.39, 0.29) is 17.2 Å². The third kappa shape index (κ3) is 4.58. The summed E-state index contributed by atoms with van der Waals surface area (Å²) >= 11 is 12.8. The first-order valence-corrected chi connectivity index (χ1v) is 10.3. The molecule has 8 heteroatoms. The minimum Gasteiger partial charge on any atom is -0.364 e. The smallest absolute Gasteiger partial charge is 0.244 e. The SMILES string of the molecule is CNC(=S)NNC(=O)[C@@H]1C2CCN(CC2)[C@H]1SCc1ccc(Cl)cc1. The van der Waals surface area contributed by atoms with Gasteiger partial charge < -0.3 is 5.32 Å². The Bertz CT molecular complexity index is 620. The second-order valence-electron chi connectivity index (χ2n) is 6.42. The highest BCUT2D eigenvalue weighted by atomic mass is 35.5. The average molecular weight is 399 g/mol. The highest BCUT2D eigenvalue weighted by molar-refractivity contribution is 7.99. The van der Waals surface area contributed by atoms with Gasteiger partial charge in [-0.3, -0.25) is 20.5 Å². The Morgan fingerprint density at radius 3 is 2.60 bits per heavy atom. The van der Waals surface area contributed by atoms with Gasteiger partial charge in [0.05, 0.1) is 11.3 Å². The summed E-state index contributed by atoms with van der Waals surface area (Å²) in [7, 11) is 1.72. The number of carbonyl (C=O) groups excluding carboxylic acids is 1. The lowest BCUT2D eigenvalue weighted by atomic mass is 9.78. The summed E-state index contributed by atoms with van der Waals surface area (Å²) in [5.74, 6) is 1.32. The van der Waals surface area contributed by atoms with Crippen LogP contribution in [0.3, 0.4) is 0 Å². The number of hydrogen-bond acceptors (Lipinski definition) is 4. The average Bonchev–Trinajstić information content (AvgIpc) is 2.65. The zero-order valence-electron chi connectivity index (χ0n) is 14.1. The molecular weight excluding hydrogens is 376 g/mol. The molecule has 4 rings (SSSR count). The molecule has 0 radical (unpaired) electrons. The molecule has 0 saturated carbocycles. The van der Waals surface area contributed by atoms with Gasteiger partial charge in [-0.05, 0) is 61.8 Å². The van der Waals surface area contributed by atoms with Gasteiger partial charge >= 0.3 is 0 Å². The number of rotatable bonds is 4. The summed E-state index contributed by atoms with van der Waals surface area (Å²) in [6.07, 6.45) is 2.18. The van der Waals surface area contributed by atoms with E-state index in [1.807, 2.05) is 36.0 Å². The molecule has 0 spiro atoms. The molecule has 3 heterocycles. The Morgan fingerprint density at radius 1 is 1.28 bits per heavy atom. The molecule has 3 saturated heterocycles. The van der Waals surface area contributed by atoms with Gasteiger partial charge in [0.2, 0.25) is 5.91 Å². The number of thioether (sulfide) groups is 1. The van der Waals surface area contributed by atoms with Crippen LogP contribution in [0.1, 0.15) is 18.4 Å². The van der Waals surface area contributed by atoms with Crippen molar-refractivity contribution >= 4 is 46.6 Å². The summed E-state index contributed by atoms with van der Waals surface area (Å²) in [5.41, 5.74) is 6.77. The molecule has 5 nitrogen and oxygen atoms in total. The molecule has 0 unspecified atom stereocenters. The molecule has 3 aliphatic rings. The van der Waals surface area contributed by atoms with Crippen LogP contribution in [-0.4, -0.2) is 41.4 Å². The molecule has 136 valence electrons. The van der Waals surface area contributed by atoms with Gasteiger partial charge in [0, 0.05) is 17.8 Å². The van der Waals surface area contributed by atoms with Crippen molar-refractivity contribution in [1.82, 2.24) is 21.1 Å². The first kappa shape index (κ1) is 18.8. The summed E-state index contributed by atoms with van der Waals surface area (Å²) in [6, 6.07) is 7.93. The van der Waals surface area contributed by atoms with Gasteiger partial charge in [0.25, 0.3) is 0 Å². The fraction of sp³-hybridized carbons (Fsp3) is 0.529. The molecule has 1 aromatic rings. The van der Waals surface area contributed by atoms with E-state index >= 15 is 0 Å². The summed E-state index contributed by atoms with van der Waals surface area (Å²) in [6.45, 7) is 2.16. The summed E-state index contributed by atoms with van der Waals surface area (Å²) < 4.78 is 0. The van der Waals surface area contributed by atoms with Crippen LogP contribution in [0.5, 0.6) is 0 Å². The number of piperidine rings is 3. The van der Waals surface area contributed by atoms with Crippen molar-refractivity contribution in [2.75, 3.05) is 20.1 Å². The lowest BCUT2D eigenvalue weighted by Gasteiger charge is -2.49. The number of hydrazine groups is 1. The Hall–Kier alpha value is -1.02. The molecule has 1 aromatic carbocycles. The number of hydrogen-bond donors (Lipinski definition) is 3. The van der Waals surface area contributed by atoms with E-state index in [1.54, 1.807) is 7.05 Å². The van der Waals surface area contributed by atoms with Crippen LogP contribution in [0.25, 0.3) is 0 Å². The molecule has 2 atom stereocenters. The maximum atomic E-state index is 12.8. The maximum absolute atomic E-state index is 12.8. The van der Waals surface area contributed by atoms with Crippen LogP contribution >= 0.6 is 35.6 Å². The highest BCUT2D eigenvalue weighted by Crippen LogP contribution is 2.42. The van der Waals surface area contributed by atoms with Gasteiger partial charge in [-0.2, -0.15) is 0 Å². The van der Waals surface area contributed by atoms with Gasteiger partial charge in [0.15, 0.2) is 5.11 Å². The van der Waals surface area contributed by atoms with Crippen molar-refractivity contribution in [2.45, 2.75) is 24.0 Å². The molecule has 3 N–H and O–H groups in total. The predicted octanol–water partition coefficient (Wildman–Crippen LogP) is 2.37. The van der Waals surface area contributed by atoms with Crippen molar-refractivity contribution < 1.29 is 4.79 Å². The Morgan fingerprint density at radius 2 is 1.96 bits per heavy atom. The third-order valence-electron chi connectivity index (χ3n) is 4.91. The van der Waals surface area contributed by atoms with Crippen LogP contribution < -0.4 is 16.2 Å². The zero-order valence-corrected chi connectivity index (χ0v) is 16.5. The van der Waals surface area contributed by atoms with E-state index in [9.17, 15) is 4.79 Å². The Kier molecular flexibility index (Phi) is 6.44. The number of nitrogens with one attached hydrogen (secondary N) is 3. The number of thiocarbonyl (C=S) groups is 1. The van der Waals surface area contributed by atoms with E-state index in [1.165, 1.54) is 5.56 Å². The van der Waals surface area contributed by atoms with E-state index < -0.39 is 0 Å². The number of nitrogens with zero attached hydrogens (tertiary/aromatic N) is 1. The quantitative estimate of drug-likeness (QED) is 0.534.